The van der Waals surface area contributed by atoms with Gasteiger partial charge in [0.15, 0.2) is 5.96 Å². The molecule has 0 aliphatic rings. The number of nitrogens with zero attached hydrogens (tertiary/aromatic N) is 1. The second-order valence-corrected chi connectivity index (χ2v) is 7.18. The van der Waals surface area contributed by atoms with Crippen molar-refractivity contribution in [2.75, 3.05) is 31.7 Å². The number of nitrogens with one attached hydrogen (secondary N) is 3. The Morgan fingerprint density at radius 2 is 1.57 bits per heavy atom. The van der Waals surface area contributed by atoms with Gasteiger partial charge in [-0.25, -0.2) is 4.79 Å². The molecule has 0 saturated heterocycles. The van der Waals surface area contributed by atoms with Gasteiger partial charge in [0.25, 0.3) is 0 Å². The van der Waals surface area contributed by atoms with Gasteiger partial charge < -0.3 is 43.4 Å². The molecule has 13 nitrogen and oxygen atoms in total. The van der Waals surface area contributed by atoms with Gasteiger partial charge in [0.2, 0.25) is 17.7 Å². The van der Waals surface area contributed by atoms with Gasteiger partial charge in [-0.1, -0.05) is 0 Å². The molecule has 172 valence electrons. The number of carboxylic acid groups (broad SMARTS) is 1. The molecule has 3 amide bonds. The van der Waals surface area contributed by atoms with Crippen molar-refractivity contribution >= 4 is 41.4 Å². The number of aliphatic carboxylic acids is 1. The van der Waals surface area contributed by atoms with Crippen molar-refractivity contribution in [3.63, 3.8) is 0 Å². The minimum atomic E-state index is -1.50. The molecule has 0 radical (unpaired) electrons. The summed E-state index contributed by atoms with van der Waals surface area (Å²) in [6.07, 6.45) is 2.56. The fourth-order valence-corrected chi connectivity index (χ4v) is 2.73. The molecule has 3 atom stereocenters. The summed E-state index contributed by atoms with van der Waals surface area (Å²) in [7, 11) is 0. The smallest absolute Gasteiger partial charge is 0.328 e. The Kier molecular flexibility index (Phi) is 14.0. The number of guanidine groups is 1. The molecule has 0 aromatic carbocycles. The van der Waals surface area contributed by atoms with Crippen LogP contribution in [0.1, 0.15) is 19.3 Å². The van der Waals surface area contributed by atoms with Crippen LogP contribution in [0.3, 0.4) is 0 Å². The molecule has 3 unspecified atom stereocenters. The van der Waals surface area contributed by atoms with Crippen LogP contribution in [0.4, 0.5) is 0 Å². The van der Waals surface area contributed by atoms with E-state index in [9.17, 15) is 19.2 Å². The van der Waals surface area contributed by atoms with Gasteiger partial charge in [0.05, 0.1) is 13.2 Å². The largest absolute Gasteiger partial charge is 0.480 e. The molecule has 0 aromatic heterocycles. The second kappa shape index (κ2) is 15.3. The predicted octanol–water partition coefficient (Wildman–Crippen LogP) is -3.72. The predicted molar refractivity (Wildman–Crippen MR) is 112 cm³/mol. The number of carbonyl (C=O) groups is 4. The number of aliphatic hydroxyl groups excluding tert-OH is 1. The summed E-state index contributed by atoms with van der Waals surface area (Å²) in [5.74, 6) is -2.98. The minimum Gasteiger partial charge on any atom is -0.480 e. The van der Waals surface area contributed by atoms with Crippen molar-refractivity contribution in [3.05, 3.63) is 0 Å². The molecule has 0 aliphatic heterocycles. The summed E-state index contributed by atoms with van der Waals surface area (Å²) in [6.45, 7) is -0.896. The number of rotatable bonds is 15. The van der Waals surface area contributed by atoms with Crippen molar-refractivity contribution in [2.24, 2.45) is 22.2 Å². The topological polar surface area (TPSA) is 235 Å². The summed E-state index contributed by atoms with van der Waals surface area (Å²) in [5, 5.41) is 25.2. The normalized spacial score (nSPS) is 13.4. The lowest BCUT2D eigenvalue weighted by molar-refractivity contribution is -0.143. The molecule has 0 aromatic rings. The van der Waals surface area contributed by atoms with Crippen LogP contribution in [0.25, 0.3) is 0 Å². The zero-order valence-corrected chi connectivity index (χ0v) is 17.6. The lowest BCUT2D eigenvalue weighted by atomic mass is 10.1. The molecule has 0 fully saturated rings. The van der Waals surface area contributed by atoms with Crippen molar-refractivity contribution < 1.29 is 29.4 Å². The first-order valence-corrected chi connectivity index (χ1v) is 10.5. The van der Waals surface area contributed by atoms with Crippen LogP contribution >= 0.6 is 11.8 Å². The second-order valence-electron chi connectivity index (χ2n) is 6.20. The van der Waals surface area contributed by atoms with Gasteiger partial charge in [-0.15, -0.1) is 0 Å². The van der Waals surface area contributed by atoms with Crippen LogP contribution in [-0.2, 0) is 19.2 Å². The fraction of sp³-hybridized carbons (Fsp3) is 0.688. The highest BCUT2D eigenvalue weighted by molar-refractivity contribution is 7.98. The summed E-state index contributed by atoms with van der Waals surface area (Å²) >= 11 is 1.43. The van der Waals surface area contributed by atoms with Crippen molar-refractivity contribution in [1.82, 2.24) is 16.0 Å². The molecule has 0 aliphatic carbocycles. The first-order valence-electron chi connectivity index (χ1n) is 9.14. The molecule has 0 spiro atoms. The Morgan fingerprint density at radius 3 is 2.03 bits per heavy atom. The quantitative estimate of drug-likeness (QED) is 0.0691. The zero-order valence-electron chi connectivity index (χ0n) is 16.8. The van der Waals surface area contributed by atoms with Crippen LogP contribution in [-0.4, -0.2) is 89.7 Å². The molecule has 0 rings (SSSR count). The number of aliphatic imine (C=N–C) groups is 1. The summed E-state index contributed by atoms with van der Waals surface area (Å²) < 4.78 is 0. The number of hydrogen-bond acceptors (Lipinski definition) is 8. The highest BCUT2D eigenvalue weighted by Crippen LogP contribution is 2.05. The highest BCUT2D eigenvalue weighted by atomic mass is 32.2. The van der Waals surface area contributed by atoms with Gasteiger partial charge >= 0.3 is 5.97 Å². The van der Waals surface area contributed by atoms with E-state index in [4.69, 9.17) is 27.4 Å². The fourth-order valence-electron chi connectivity index (χ4n) is 2.26. The number of aliphatic hydroxyl groups is 1. The minimum absolute atomic E-state index is 0.104. The maximum Gasteiger partial charge on any atom is 0.328 e. The Balaban J connectivity index is 5.22. The molecule has 0 saturated carbocycles. The summed E-state index contributed by atoms with van der Waals surface area (Å²) in [4.78, 5) is 51.6. The highest BCUT2D eigenvalue weighted by Gasteiger charge is 2.28. The molecule has 11 N–H and O–H groups in total. The van der Waals surface area contributed by atoms with Crippen LogP contribution in [0.15, 0.2) is 4.99 Å². The lowest BCUT2D eigenvalue weighted by Gasteiger charge is -2.24. The van der Waals surface area contributed by atoms with E-state index in [0.717, 1.165) is 0 Å². The maximum absolute atomic E-state index is 12.7. The van der Waals surface area contributed by atoms with Crippen LogP contribution in [0.2, 0.25) is 0 Å². The number of nitrogens with two attached hydrogens (primary N) is 3. The lowest BCUT2D eigenvalue weighted by Crippen LogP contribution is -2.56. The zero-order chi connectivity index (χ0) is 23.1. The first kappa shape index (κ1) is 27.4. The monoisotopic (exact) mass is 449 g/mol. The first-order chi connectivity index (χ1) is 14.2. The van der Waals surface area contributed by atoms with E-state index >= 15 is 0 Å². The SMILES string of the molecule is CSCCC(NC(=O)C(CCCN=C(N)N)NC(=O)CN)C(=O)NC(CO)C(=O)O. The molecular formula is C16H31N7O6S. The number of carboxylic acids is 1. The Bertz CT molecular complexity index is 615. The van der Waals surface area contributed by atoms with E-state index in [1.165, 1.54) is 11.8 Å². The van der Waals surface area contributed by atoms with Gasteiger partial charge in [-0.05, 0) is 31.3 Å². The number of amides is 3. The average molecular weight is 450 g/mol. The van der Waals surface area contributed by atoms with Crippen LogP contribution < -0.4 is 33.2 Å². The number of carbonyl (C=O) groups excluding carboxylic acids is 3. The van der Waals surface area contributed by atoms with Gasteiger partial charge in [0, 0.05) is 6.54 Å². The van der Waals surface area contributed by atoms with E-state index in [0.29, 0.717) is 12.2 Å². The maximum atomic E-state index is 12.7. The molecular weight excluding hydrogens is 418 g/mol. The third-order valence-electron chi connectivity index (χ3n) is 3.82. The average Bonchev–Trinajstić information content (AvgIpc) is 2.70. The van der Waals surface area contributed by atoms with Gasteiger partial charge in [-0.2, -0.15) is 11.8 Å². The Labute approximate surface area is 178 Å². The Morgan fingerprint density at radius 1 is 1.00 bits per heavy atom. The van der Waals surface area contributed by atoms with E-state index in [2.05, 4.69) is 20.9 Å². The van der Waals surface area contributed by atoms with Crippen molar-refractivity contribution in [1.29, 1.82) is 0 Å². The van der Waals surface area contributed by atoms with Crippen molar-refractivity contribution in [3.8, 4) is 0 Å². The number of thioether (sulfide) groups is 1. The summed E-state index contributed by atoms with van der Waals surface area (Å²) in [5.41, 5.74) is 15.8. The van der Waals surface area contributed by atoms with Crippen molar-refractivity contribution in [2.45, 2.75) is 37.4 Å². The van der Waals surface area contributed by atoms with Crippen LogP contribution in [0, 0.1) is 0 Å². The Hall–Kier alpha value is -2.58. The van der Waals surface area contributed by atoms with E-state index in [-0.39, 0.29) is 31.9 Å². The molecule has 0 heterocycles. The molecule has 30 heavy (non-hydrogen) atoms. The van der Waals surface area contributed by atoms with Crippen LogP contribution in [0.5, 0.6) is 0 Å². The van der Waals surface area contributed by atoms with E-state index in [1.54, 1.807) is 6.26 Å². The third-order valence-corrected chi connectivity index (χ3v) is 4.47. The number of hydrogen-bond donors (Lipinski definition) is 8. The van der Waals surface area contributed by atoms with E-state index in [1.807, 2.05) is 0 Å². The standard InChI is InChI=1S/C16H31N7O6S/c1-30-6-4-10(14(27)23-11(8-24)15(28)29)22-13(26)9(21-12(25)7-17)3-2-5-20-16(18)19/h9-11,24H,2-8,17H2,1H3,(H,21,25)(H,22,26)(H,23,27)(H,28,29)(H4,18,19,20). The molecule has 14 heteroatoms. The molecule has 0 bridgehead atoms. The third kappa shape index (κ3) is 11.4. The van der Waals surface area contributed by atoms with Gasteiger partial charge in [0.1, 0.15) is 18.1 Å². The van der Waals surface area contributed by atoms with E-state index < -0.39 is 48.4 Å². The summed E-state index contributed by atoms with van der Waals surface area (Å²) in [6, 6.07) is -3.56. The van der Waals surface area contributed by atoms with Gasteiger partial charge in [-0.3, -0.25) is 19.4 Å².